The van der Waals surface area contributed by atoms with Crippen LogP contribution >= 0.6 is 23.2 Å². The Balaban J connectivity index is 1.35. The van der Waals surface area contributed by atoms with Gasteiger partial charge in [0.2, 0.25) is 5.91 Å². The minimum absolute atomic E-state index is 0.0376. The number of fused-ring (bicyclic) bond motifs is 1. The molecule has 1 aliphatic rings. The molecule has 0 aliphatic carbocycles. The molecule has 1 aromatic heterocycles. The standard InChI is InChI=1S/C21H18Cl2N2O3/c22-15-3-1-14(2-4-15)21-18-9-11-25(13-19(18)24-28-21)20(26)10-12-27-17-7-5-16(23)6-8-17/h1-8H,9-13H2. The third-order valence-electron chi connectivity index (χ3n) is 4.70. The molecule has 0 saturated heterocycles. The third kappa shape index (κ3) is 4.16. The Labute approximate surface area is 172 Å². The van der Waals surface area contributed by atoms with Crippen molar-refractivity contribution in [2.45, 2.75) is 19.4 Å². The van der Waals surface area contributed by atoms with E-state index in [1.807, 2.05) is 24.3 Å². The first kappa shape index (κ1) is 18.8. The molecule has 2 aromatic carbocycles. The number of benzene rings is 2. The van der Waals surface area contributed by atoms with Crippen molar-refractivity contribution in [1.29, 1.82) is 0 Å². The molecule has 0 radical (unpaired) electrons. The lowest BCUT2D eigenvalue weighted by Gasteiger charge is -2.26. The fraction of sp³-hybridized carbons (Fsp3) is 0.238. The topological polar surface area (TPSA) is 55.6 Å². The molecule has 0 saturated carbocycles. The molecule has 3 aromatic rings. The summed E-state index contributed by atoms with van der Waals surface area (Å²) in [6.45, 7) is 1.40. The van der Waals surface area contributed by atoms with E-state index in [0.29, 0.717) is 48.3 Å². The van der Waals surface area contributed by atoms with Crippen LogP contribution < -0.4 is 4.74 Å². The highest BCUT2D eigenvalue weighted by Gasteiger charge is 2.27. The lowest BCUT2D eigenvalue weighted by atomic mass is 10.0. The predicted octanol–water partition coefficient (Wildman–Crippen LogP) is 5.00. The van der Waals surface area contributed by atoms with Gasteiger partial charge in [-0.3, -0.25) is 4.79 Å². The van der Waals surface area contributed by atoms with E-state index in [9.17, 15) is 4.79 Å². The van der Waals surface area contributed by atoms with Gasteiger partial charge in [-0.15, -0.1) is 0 Å². The van der Waals surface area contributed by atoms with Gasteiger partial charge in [0.1, 0.15) is 11.4 Å². The molecule has 28 heavy (non-hydrogen) atoms. The Morgan fingerprint density at radius 1 is 1.07 bits per heavy atom. The first-order chi connectivity index (χ1) is 13.6. The summed E-state index contributed by atoms with van der Waals surface area (Å²) in [5.74, 6) is 1.49. The van der Waals surface area contributed by atoms with Crippen molar-refractivity contribution in [3.8, 4) is 17.1 Å². The normalized spacial score (nSPS) is 13.3. The number of amides is 1. The lowest BCUT2D eigenvalue weighted by molar-refractivity contribution is -0.132. The van der Waals surface area contributed by atoms with E-state index in [-0.39, 0.29) is 5.91 Å². The van der Waals surface area contributed by atoms with Gasteiger partial charge in [0.25, 0.3) is 0 Å². The second-order valence-electron chi connectivity index (χ2n) is 6.56. The number of hydrogen-bond donors (Lipinski definition) is 0. The zero-order valence-corrected chi connectivity index (χ0v) is 16.5. The maximum Gasteiger partial charge on any atom is 0.226 e. The Hall–Kier alpha value is -2.50. The van der Waals surface area contributed by atoms with Gasteiger partial charge < -0.3 is 14.2 Å². The molecule has 0 spiro atoms. The average Bonchev–Trinajstić information content (AvgIpc) is 3.13. The molecule has 0 fully saturated rings. The van der Waals surface area contributed by atoms with Crippen molar-refractivity contribution in [3.63, 3.8) is 0 Å². The summed E-state index contributed by atoms with van der Waals surface area (Å²) in [4.78, 5) is 14.3. The fourth-order valence-corrected chi connectivity index (χ4v) is 3.47. The van der Waals surface area contributed by atoms with Crippen molar-refractivity contribution >= 4 is 29.1 Å². The maximum atomic E-state index is 12.5. The monoisotopic (exact) mass is 416 g/mol. The molecule has 4 rings (SSSR count). The Bertz CT molecular complexity index is 968. The highest BCUT2D eigenvalue weighted by atomic mass is 35.5. The second kappa shape index (κ2) is 8.25. The van der Waals surface area contributed by atoms with Crippen molar-refractivity contribution in [3.05, 3.63) is 69.8 Å². The number of aromatic nitrogens is 1. The van der Waals surface area contributed by atoms with E-state index in [0.717, 1.165) is 22.6 Å². The number of carbonyl (C=O) groups excluding carboxylic acids is 1. The quantitative estimate of drug-likeness (QED) is 0.586. The van der Waals surface area contributed by atoms with Crippen LogP contribution in [0.5, 0.6) is 5.75 Å². The molecular formula is C21H18Cl2N2O3. The van der Waals surface area contributed by atoms with Crippen LogP contribution in [0.2, 0.25) is 10.0 Å². The lowest BCUT2D eigenvalue weighted by Crippen LogP contribution is -2.36. The smallest absolute Gasteiger partial charge is 0.226 e. The number of ether oxygens (including phenoxy) is 1. The molecule has 2 heterocycles. The van der Waals surface area contributed by atoms with Crippen molar-refractivity contribution in [1.82, 2.24) is 10.1 Å². The molecule has 0 N–H and O–H groups in total. The minimum atomic E-state index is 0.0376. The molecule has 1 amide bonds. The van der Waals surface area contributed by atoms with Gasteiger partial charge in [0, 0.05) is 27.7 Å². The molecule has 7 heteroatoms. The summed E-state index contributed by atoms with van der Waals surface area (Å²) in [5.41, 5.74) is 2.81. The van der Waals surface area contributed by atoms with Crippen molar-refractivity contribution < 1.29 is 14.1 Å². The molecule has 0 bridgehead atoms. The van der Waals surface area contributed by atoms with Gasteiger partial charge in [-0.25, -0.2) is 0 Å². The van der Waals surface area contributed by atoms with Gasteiger partial charge >= 0.3 is 0 Å². The summed E-state index contributed by atoms with van der Waals surface area (Å²) in [5, 5.41) is 5.51. The van der Waals surface area contributed by atoms with Gasteiger partial charge in [0.15, 0.2) is 5.76 Å². The number of carbonyl (C=O) groups is 1. The van der Waals surface area contributed by atoms with Crippen LogP contribution in [0.25, 0.3) is 11.3 Å². The summed E-state index contributed by atoms with van der Waals surface area (Å²) in [7, 11) is 0. The second-order valence-corrected chi connectivity index (χ2v) is 7.43. The van der Waals surface area contributed by atoms with E-state index in [4.69, 9.17) is 32.5 Å². The molecule has 0 unspecified atom stereocenters. The van der Waals surface area contributed by atoms with E-state index in [1.165, 1.54) is 0 Å². The first-order valence-electron chi connectivity index (χ1n) is 8.99. The third-order valence-corrected chi connectivity index (χ3v) is 5.20. The SMILES string of the molecule is O=C(CCOc1ccc(Cl)cc1)N1CCc2c(noc2-c2ccc(Cl)cc2)C1. The van der Waals surface area contributed by atoms with Crippen LogP contribution in [0, 0.1) is 0 Å². The number of nitrogens with zero attached hydrogens (tertiary/aromatic N) is 2. The van der Waals surface area contributed by atoms with Gasteiger partial charge in [-0.05, 0) is 55.0 Å². The summed E-state index contributed by atoms with van der Waals surface area (Å²) >= 11 is 11.8. The van der Waals surface area contributed by atoms with Crippen molar-refractivity contribution in [2.24, 2.45) is 0 Å². The molecular weight excluding hydrogens is 399 g/mol. The molecule has 144 valence electrons. The van der Waals surface area contributed by atoms with Crippen molar-refractivity contribution in [2.75, 3.05) is 13.2 Å². The highest BCUT2D eigenvalue weighted by Crippen LogP contribution is 2.31. The Morgan fingerprint density at radius 2 is 1.75 bits per heavy atom. The Kier molecular flexibility index (Phi) is 5.55. The van der Waals surface area contributed by atoms with Crippen LogP contribution in [0.1, 0.15) is 17.7 Å². The van der Waals surface area contributed by atoms with E-state index < -0.39 is 0 Å². The first-order valence-corrected chi connectivity index (χ1v) is 9.75. The molecule has 1 aliphatic heterocycles. The number of halogens is 2. The van der Waals surface area contributed by atoms with E-state index in [2.05, 4.69) is 5.16 Å². The largest absolute Gasteiger partial charge is 0.493 e. The number of rotatable bonds is 5. The van der Waals surface area contributed by atoms with Crippen LogP contribution in [0.3, 0.4) is 0 Å². The predicted molar refractivity (Wildman–Crippen MR) is 108 cm³/mol. The zero-order chi connectivity index (χ0) is 19.5. The van der Waals surface area contributed by atoms with Gasteiger partial charge in [-0.1, -0.05) is 28.4 Å². The summed E-state index contributed by atoms with van der Waals surface area (Å²) < 4.78 is 11.2. The zero-order valence-electron chi connectivity index (χ0n) is 15.0. The minimum Gasteiger partial charge on any atom is -0.493 e. The molecule has 0 atom stereocenters. The summed E-state index contributed by atoms with van der Waals surface area (Å²) in [6.07, 6.45) is 1.01. The van der Waals surface area contributed by atoms with Gasteiger partial charge in [-0.2, -0.15) is 0 Å². The fourth-order valence-electron chi connectivity index (χ4n) is 3.22. The van der Waals surface area contributed by atoms with Crippen LogP contribution in [-0.4, -0.2) is 29.1 Å². The van der Waals surface area contributed by atoms with Crippen LogP contribution in [0.15, 0.2) is 53.1 Å². The highest BCUT2D eigenvalue weighted by molar-refractivity contribution is 6.30. The average molecular weight is 417 g/mol. The van der Waals surface area contributed by atoms with Gasteiger partial charge in [0.05, 0.1) is 19.6 Å². The van der Waals surface area contributed by atoms with E-state index in [1.54, 1.807) is 29.2 Å². The van der Waals surface area contributed by atoms with Crippen LogP contribution in [0.4, 0.5) is 0 Å². The number of hydrogen-bond acceptors (Lipinski definition) is 4. The van der Waals surface area contributed by atoms with E-state index >= 15 is 0 Å². The summed E-state index contributed by atoms with van der Waals surface area (Å²) in [6, 6.07) is 14.6. The maximum absolute atomic E-state index is 12.5. The molecule has 5 nitrogen and oxygen atoms in total. The van der Waals surface area contributed by atoms with Crippen LogP contribution in [-0.2, 0) is 17.8 Å². The Morgan fingerprint density at radius 3 is 2.46 bits per heavy atom.